The van der Waals surface area contributed by atoms with Gasteiger partial charge < -0.3 is 15.4 Å². The Kier molecular flexibility index (Phi) is 4.00. The molecule has 4 heteroatoms. The Hall–Kier alpha value is -1.68. The van der Waals surface area contributed by atoms with Gasteiger partial charge in [-0.2, -0.15) is 0 Å². The summed E-state index contributed by atoms with van der Waals surface area (Å²) in [6, 6.07) is 12.0. The molecule has 0 amide bonds. The zero-order valence-electron chi connectivity index (χ0n) is 11.3. The van der Waals surface area contributed by atoms with E-state index in [4.69, 9.17) is 10.5 Å². The summed E-state index contributed by atoms with van der Waals surface area (Å²) in [6.07, 6.45) is 0. The average molecular weight is 321 g/mol. The minimum atomic E-state index is 0.741. The van der Waals surface area contributed by atoms with Crippen LogP contribution in [0.2, 0.25) is 0 Å². The fourth-order valence-electron chi connectivity index (χ4n) is 2.04. The molecule has 0 radical (unpaired) electrons. The second kappa shape index (κ2) is 5.53. The molecular weight excluding hydrogens is 304 g/mol. The maximum atomic E-state index is 6.06. The Morgan fingerprint density at radius 1 is 1.16 bits per heavy atom. The zero-order chi connectivity index (χ0) is 14.0. The minimum absolute atomic E-state index is 0.741. The van der Waals surface area contributed by atoms with E-state index in [1.54, 1.807) is 7.11 Å². The topological polar surface area (TPSA) is 38.5 Å². The molecule has 2 rings (SSSR count). The SMILES string of the molecule is COc1ccc(N(C)c2ccc(Br)cc2N)cc1C. The van der Waals surface area contributed by atoms with Crippen molar-refractivity contribution in [3.63, 3.8) is 0 Å². The number of anilines is 3. The molecule has 0 aliphatic heterocycles. The molecule has 0 aliphatic rings. The van der Waals surface area contributed by atoms with Gasteiger partial charge in [-0.25, -0.2) is 0 Å². The van der Waals surface area contributed by atoms with E-state index in [1.807, 2.05) is 44.3 Å². The minimum Gasteiger partial charge on any atom is -0.496 e. The van der Waals surface area contributed by atoms with E-state index in [0.29, 0.717) is 0 Å². The second-order valence-corrected chi connectivity index (χ2v) is 5.33. The number of nitrogens with two attached hydrogens (primary N) is 1. The largest absolute Gasteiger partial charge is 0.496 e. The smallest absolute Gasteiger partial charge is 0.121 e. The Morgan fingerprint density at radius 2 is 1.89 bits per heavy atom. The monoisotopic (exact) mass is 320 g/mol. The Morgan fingerprint density at radius 3 is 2.47 bits per heavy atom. The quantitative estimate of drug-likeness (QED) is 0.865. The maximum absolute atomic E-state index is 6.06. The second-order valence-electron chi connectivity index (χ2n) is 4.42. The lowest BCUT2D eigenvalue weighted by Crippen LogP contribution is -2.11. The molecule has 0 unspecified atom stereocenters. The number of rotatable bonds is 3. The Labute approximate surface area is 122 Å². The van der Waals surface area contributed by atoms with Gasteiger partial charge in [0.1, 0.15) is 5.75 Å². The first-order valence-corrected chi connectivity index (χ1v) is 6.75. The zero-order valence-corrected chi connectivity index (χ0v) is 12.9. The molecule has 0 fully saturated rings. The summed E-state index contributed by atoms with van der Waals surface area (Å²) in [5.74, 6) is 0.890. The molecule has 0 saturated heterocycles. The van der Waals surface area contributed by atoms with Crippen molar-refractivity contribution in [2.24, 2.45) is 0 Å². The van der Waals surface area contributed by atoms with Crippen molar-refractivity contribution in [2.45, 2.75) is 6.92 Å². The molecule has 0 bridgehead atoms. The van der Waals surface area contributed by atoms with E-state index in [0.717, 1.165) is 32.8 Å². The number of aryl methyl sites for hydroxylation is 1. The number of hydrogen-bond acceptors (Lipinski definition) is 3. The van der Waals surface area contributed by atoms with Crippen LogP contribution in [0, 0.1) is 6.92 Å². The number of halogens is 1. The van der Waals surface area contributed by atoms with Crippen LogP contribution in [0.15, 0.2) is 40.9 Å². The summed E-state index contributed by atoms with van der Waals surface area (Å²) in [7, 11) is 3.68. The van der Waals surface area contributed by atoms with Gasteiger partial charge >= 0.3 is 0 Å². The fraction of sp³-hybridized carbons (Fsp3) is 0.200. The van der Waals surface area contributed by atoms with Gasteiger partial charge in [-0.1, -0.05) is 15.9 Å². The van der Waals surface area contributed by atoms with Crippen molar-refractivity contribution >= 4 is 33.0 Å². The number of benzene rings is 2. The molecule has 2 N–H and O–H groups in total. The summed E-state index contributed by atoms with van der Waals surface area (Å²) in [4.78, 5) is 2.06. The first-order valence-electron chi connectivity index (χ1n) is 5.96. The molecule has 19 heavy (non-hydrogen) atoms. The van der Waals surface area contributed by atoms with Gasteiger partial charge in [-0.3, -0.25) is 0 Å². The van der Waals surface area contributed by atoms with Crippen molar-refractivity contribution in [1.82, 2.24) is 0 Å². The van der Waals surface area contributed by atoms with E-state index in [2.05, 4.69) is 26.9 Å². The third-order valence-electron chi connectivity index (χ3n) is 3.12. The molecule has 2 aromatic carbocycles. The number of ether oxygens (including phenoxy) is 1. The van der Waals surface area contributed by atoms with Crippen LogP contribution in [-0.4, -0.2) is 14.2 Å². The highest BCUT2D eigenvalue weighted by molar-refractivity contribution is 9.10. The van der Waals surface area contributed by atoms with Gasteiger partial charge in [0.15, 0.2) is 0 Å². The van der Waals surface area contributed by atoms with E-state index >= 15 is 0 Å². The van der Waals surface area contributed by atoms with Gasteiger partial charge in [0.05, 0.1) is 18.5 Å². The van der Waals surface area contributed by atoms with E-state index in [1.165, 1.54) is 0 Å². The van der Waals surface area contributed by atoms with Gasteiger partial charge in [0.2, 0.25) is 0 Å². The molecule has 0 aromatic heterocycles. The lowest BCUT2D eigenvalue weighted by atomic mass is 10.1. The molecule has 0 saturated carbocycles. The first-order chi connectivity index (χ1) is 9.02. The van der Waals surface area contributed by atoms with Gasteiger partial charge in [-0.15, -0.1) is 0 Å². The van der Waals surface area contributed by atoms with Crippen LogP contribution in [0.4, 0.5) is 17.1 Å². The number of nitrogens with zero attached hydrogens (tertiary/aromatic N) is 1. The molecule has 3 nitrogen and oxygen atoms in total. The summed E-state index contributed by atoms with van der Waals surface area (Å²) in [5, 5.41) is 0. The molecule has 0 atom stereocenters. The van der Waals surface area contributed by atoms with Gasteiger partial charge in [0, 0.05) is 17.2 Å². The lowest BCUT2D eigenvalue weighted by Gasteiger charge is -2.22. The predicted molar refractivity (Wildman–Crippen MR) is 84.3 cm³/mol. The van der Waals surface area contributed by atoms with Gasteiger partial charge in [-0.05, 0) is 48.9 Å². The van der Waals surface area contributed by atoms with E-state index in [9.17, 15) is 0 Å². The van der Waals surface area contributed by atoms with Crippen LogP contribution in [-0.2, 0) is 0 Å². The van der Waals surface area contributed by atoms with Crippen molar-refractivity contribution in [2.75, 3.05) is 24.8 Å². The normalized spacial score (nSPS) is 10.3. The van der Waals surface area contributed by atoms with Crippen molar-refractivity contribution in [3.8, 4) is 5.75 Å². The van der Waals surface area contributed by atoms with Crippen LogP contribution in [0.5, 0.6) is 5.75 Å². The fourth-order valence-corrected chi connectivity index (χ4v) is 2.42. The molecule has 0 aliphatic carbocycles. The summed E-state index contributed by atoms with van der Waals surface area (Å²) in [6.45, 7) is 2.03. The molecule has 0 heterocycles. The third-order valence-corrected chi connectivity index (χ3v) is 3.61. The highest BCUT2D eigenvalue weighted by atomic mass is 79.9. The van der Waals surface area contributed by atoms with Crippen molar-refractivity contribution < 1.29 is 4.74 Å². The molecular formula is C15H17BrN2O. The van der Waals surface area contributed by atoms with Gasteiger partial charge in [0.25, 0.3) is 0 Å². The van der Waals surface area contributed by atoms with Crippen LogP contribution in [0.1, 0.15) is 5.56 Å². The average Bonchev–Trinajstić information content (AvgIpc) is 2.38. The maximum Gasteiger partial charge on any atom is 0.121 e. The Bertz CT molecular complexity index is 599. The van der Waals surface area contributed by atoms with E-state index in [-0.39, 0.29) is 0 Å². The number of hydrogen-bond donors (Lipinski definition) is 1. The van der Waals surface area contributed by atoms with Crippen molar-refractivity contribution in [1.29, 1.82) is 0 Å². The van der Waals surface area contributed by atoms with Crippen molar-refractivity contribution in [3.05, 3.63) is 46.4 Å². The summed E-state index contributed by atoms with van der Waals surface area (Å²) in [5.41, 5.74) is 9.95. The van der Waals surface area contributed by atoms with E-state index < -0.39 is 0 Å². The summed E-state index contributed by atoms with van der Waals surface area (Å²) >= 11 is 3.42. The van der Waals surface area contributed by atoms with Crippen LogP contribution in [0.25, 0.3) is 0 Å². The van der Waals surface area contributed by atoms with Crippen LogP contribution in [0.3, 0.4) is 0 Å². The Balaban J connectivity index is 2.38. The van der Waals surface area contributed by atoms with Crippen LogP contribution >= 0.6 is 15.9 Å². The molecule has 0 spiro atoms. The highest BCUT2D eigenvalue weighted by Crippen LogP contribution is 2.33. The molecule has 100 valence electrons. The standard InChI is InChI=1S/C15H17BrN2O/c1-10-8-12(5-7-15(10)19-3)18(2)14-6-4-11(16)9-13(14)17/h4-9H,17H2,1-3H3. The highest BCUT2D eigenvalue weighted by Gasteiger charge is 2.09. The first kappa shape index (κ1) is 13.7. The molecule has 2 aromatic rings. The third kappa shape index (κ3) is 2.84. The number of nitrogen functional groups attached to an aromatic ring is 1. The number of methoxy groups -OCH3 is 1. The summed E-state index contributed by atoms with van der Waals surface area (Å²) < 4.78 is 6.26. The lowest BCUT2D eigenvalue weighted by molar-refractivity contribution is 0.412. The predicted octanol–water partition coefficient (Wildman–Crippen LogP) is 4.12. The van der Waals surface area contributed by atoms with Crippen LogP contribution < -0.4 is 15.4 Å².